The van der Waals surface area contributed by atoms with Crippen LogP contribution in [0.3, 0.4) is 0 Å². The molecule has 0 saturated heterocycles. The molecule has 0 radical (unpaired) electrons. The van der Waals surface area contributed by atoms with Crippen LogP contribution in [0.25, 0.3) is 0 Å². The predicted molar refractivity (Wildman–Crippen MR) is 53.2 cm³/mol. The molecule has 5 heteroatoms. The van der Waals surface area contributed by atoms with Crippen molar-refractivity contribution in [3.8, 4) is 5.75 Å². The molecule has 0 aliphatic heterocycles. The Bertz CT molecular complexity index is 328. The molecule has 0 aliphatic rings. The Morgan fingerprint density at radius 3 is 2.54 bits per heavy atom. The molecule has 0 fully saturated rings. The van der Waals surface area contributed by atoms with Crippen LogP contribution in [0.5, 0.6) is 5.75 Å². The highest BCUT2D eigenvalue weighted by molar-refractivity contribution is 9.10. The molecule has 0 N–H and O–H groups in total. The van der Waals surface area contributed by atoms with Crippen LogP contribution in [0.15, 0.2) is 10.5 Å². The fourth-order valence-electron chi connectivity index (χ4n) is 0.968. The van der Waals surface area contributed by atoms with Crippen molar-refractivity contribution in [2.75, 3.05) is 7.11 Å². The number of halogens is 4. The molecular formula is C8H6Br2F2O. The second-order valence-electron chi connectivity index (χ2n) is 2.30. The van der Waals surface area contributed by atoms with E-state index in [1.807, 2.05) is 0 Å². The summed E-state index contributed by atoms with van der Waals surface area (Å²) in [7, 11) is 1.41. The lowest BCUT2D eigenvalue weighted by atomic mass is 10.2. The topological polar surface area (TPSA) is 9.23 Å². The summed E-state index contributed by atoms with van der Waals surface area (Å²) in [6.45, 7) is 0. The fourth-order valence-corrected chi connectivity index (χ4v) is 2.07. The first-order chi connectivity index (χ1) is 6.11. The SMILES string of the molecule is COc1c(Br)cc(F)c(F)c1CBr. The van der Waals surface area contributed by atoms with Crippen molar-refractivity contribution in [2.45, 2.75) is 5.33 Å². The van der Waals surface area contributed by atoms with Crippen LogP contribution < -0.4 is 4.74 Å². The van der Waals surface area contributed by atoms with Gasteiger partial charge in [-0.05, 0) is 22.0 Å². The third-order valence-electron chi connectivity index (χ3n) is 1.56. The molecule has 0 saturated carbocycles. The van der Waals surface area contributed by atoms with Gasteiger partial charge >= 0.3 is 0 Å². The molecule has 0 atom stereocenters. The Kier molecular flexibility index (Phi) is 3.67. The molecule has 1 aromatic rings. The van der Waals surface area contributed by atoms with Gasteiger partial charge in [0.25, 0.3) is 0 Å². The summed E-state index contributed by atoms with van der Waals surface area (Å²) >= 11 is 6.14. The number of methoxy groups -OCH3 is 1. The molecule has 0 aliphatic carbocycles. The van der Waals surface area contributed by atoms with Gasteiger partial charge in [-0.1, -0.05) is 15.9 Å². The smallest absolute Gasteiger partial charge is 0.166 e. The Morgan fingerprint density at radius 2 is 2.08 bits per heavy atom. The first-order valence-corrected chi connectivity index (χ1v) is 5.29. The predicted octanol–water partition coefficient (Wildman–Crippen LogP) is 3.63. The van der Waals surface area contributed by atoms with Crippen molar-refractivity contribution in [3.05, 3.63) is 27.7 Å². The zero-order valence-electron chi connectivity index (χ0n) is 6.70. The van der Waals surface area contributed by atoms with E-state index < -0.39 is 11.6 Å². The number of alkyl halides is 1. The summed E-state index contributed by atoms with van der Waals surface area (Å²) in [6, 6.07) is 1.04. The van der Waals surface area contributed by atoms with E-state index in [0.29, 0.717) is 10.2 Å². The van der Waals surface area contributed by atoms with Gasteiger partial charge in [0.05, 0.1) is 11.6 Å². The lowest BCUT2D eigenvalue weighted by molar-refractivity contribution is 0.398. The summed E-state index contributed by atoms with van der Waals surface area (Å²) in [4.78, 5) is 0. The first kappa shape index (κ1) is 10.9. The van der Waals surface area contributed by atoms with Crippen molar-refractivity contribution in [3.63, 3.8) is 0 Å². The lowest BCUT2D eigenvalue weighted by Crippen LogP contribution is -1.98. The normalized spacial score (nSPS) is 10.2. The largest absolute Gasteiger partial charge is 0.495 e. The average molecular weight is 316 g/mol. The van der Waals surface area contributed by atoms with Crippen LogP contribution in [-0.2, 0) is 5.33 Å². The molecule has 1 nitrogen and oxygen atoms in total. The zero-order chi connectivity index (χ0) is 10.0. The molecule has 0 unspecified atom stereocenters. The van der Waals surface area contributed by atoms with E-state index in [4.69, 9.17) is 4.74 Å². The highest BCUT2D eigenvalue weighted by Crippen LogP contribution is 2.33. The number of hydrogen-bond donors (Lipinski definition) is 0. The van der Waals surface area contributed by atoms with Crippen LogP contribution in [0, 0.1) is 11.6 Å². The van der Waals surface area contributed by atoms with Crippen molar-refractivity contribution < 1.29 is 13.5 Å². The summed E-state index contributed by atoms with van der Waals surface area (Å²) < 4.78 is 31.3. The Hall–Kier alpha value is -0.160. The second-order valence-corrected chi connectivity index (χ2v) is 3.71. The van der Waals surface area contributed by atoms with Crippen molar-refractivity contribution >= 4 is 31.9 Å². The molecule has 0 spiro atoms. The molecule has 1 rings (SSSR count). The van der Waals surface area contributed by atoms with E-state index in [0.717, 1.165) is 6.07 Å². The third-order valence-corrected chi connectivity index (χ3v) is 2.71. The highest BCUT2D eigenvalue weighted by atomic mass is 79.9. The molecule has 72 valence electrons. The van der Waals surface area contributed by atoms with Gasteiger partial charge in [0.1, 0.15) is 5.75 Å². The summed E-state index contributed by atoms with van der Waals surface area (Å²) in [5, 5.41) is 0.207. The van der Waals surface area contributed by atoms with E-state index in [9.17, 15) is 8.78 Å². The van der Waals surface area contributed by atoms with Gasteiger partial charge in [-0.3, -0.25) is 0 Å². The van der Waals surface area contributed by atoms with Gasteiger partial charge in [0, 0.05) is 10.9 Å². The Balaban J connectivity index is 3.41. The molecule has 0 heterocycles. The minimum Gasteiger partial charge on any atom is -0.495 e. The molecule has 0 amide bonds. The Morgan fingerprint density at radius 1 is 1.46 bits per heavy atom. The van der Waals surface area contributed by atoms with Crippen molar-refractivity contribution in [1.29, 1.82) is 0 Å². The summed E-state index contributed by atoms with van der Waals surface area (Å²) in [5.74, 6) is -1.45. The van der Waals surface area contributed by atoms with Gasteiger partial charge in [-0.25, -0.2) is 8.78 Å². The number of hydrogen-bond acceptors (Lipinski definition) is 1. The number of benzene rings is 1. The first-order valence-electron chi connectivity index (χ1n) is 3.38. The van der Waals surface area contributed by atoms with Gasteiger partial charge in [0.2, 0.25) is 0 Å². The van der Waals surface area contributed by atoms with E-state index in [1.54, 1.807) is 0 Å². The number of rotatable bonds is 2. The Labute approximate surface area is 91.3 Å². The second kappa shape index (κ2) is 4.37. The molecule has 1 aromatic carbocycles. The van der Waals surface area contributed by atoms with E-state index in [-0.39, 0.29) is 10.9 Å². The molecule has 0 bridgehead atoms. The fraction of sp³-hybridized carbons (Fsp3) is 0.250. The van der Waals surface area contributed by atoms with Gasteiger partial charge in [0.15, 0.2) is 11.6 Å². The maximum Gasteiger partial charge on any atom is 0.166 e. The molecule has 0 aromatic heterocycles. The maximum absolute atomic E-state index is 13.1. The van der Waals surface area contributed by atoms with Gasteiger partial charge < -0.3 is 4.74 Å². The van der Waals surface area contributed by atoms with Gasteiger partial charge in [-0.15, -0.1) is 0 Å². The standard InChI is InChI=1S/C8H6Br2F2O/c1-13-8-4(3-9)7(12)6(11)2-5(8)10/h2H,3H2,1H3. The highest BCUT2D eigenvalue weighted by Gasteiger charge is 2.16. The van der Waals surface area contributed by atoms with Crippen LogP contribution in [0.4, 0.5) is 8.78 Å². The lowest BCUT2D eigenvalue weighted by Gasteiger charge is -2.09. The van der Waals surface area contributed by atoms with E-state index in [1.165, 1.54) is 7.11 Å². The average Bonchev–Trinajstić information content (AvgIpc) is 2.10. The van der Waals surface area contributed by atoms with Crippen LogP contribution in [-0.4, -0.2) is 7.11 Å². The van der Waals surface area contributed by atoms with Crippen LogP contribution in [0.2, 0.25) is 0 Å². The zero-order valence-corrected chi connectivity index (χ0v) is 9.88. The minimum atomic E-state index is -0.887. The van der Waals surface area contributed by atoms with E-state index in [2.05, 4.69) is 31.9 Å². The summed E-state index contributed by atoms with van der Waals surface area (Å²) in [6.07, 6.45) is 0. The molecule has 13 heavy (non-hydrogen) atoms. The number of ether oxygens (including phenoxy) is 1. The third kappa shape index (κ3) is 2.02. The monoisotopic (exact) mass is 314 g/mol. The van der Waals surface area contributed by atoms with Crippen LogP contribution >= 0.6 is 31.9 Å². The summed E-state index contributed by atoms with van der Waals surface area (Å²) in [5.41, 5.74) is 0.175. The van der Waals surface area contributed by atoms with Crippen LogP contribution in [0.1, 0.15) is 5.56 Å². The molecular weight excluding hydrogens is 310 g/mol. The van der Waals surface area contributed by atoms with Crippen molar-refractivity contribution in [1.82, 2.24) is 0 Å². The quantitative estimate of drug-likeness (QED) is 0.598. The minimum absolute atomic E-state index is 0.175. The van der Waals surface area contributed by atoms with Crippen molar-refractivity contribution in [2.24, 2.45) is 0 Å². The maximum atomic E-state index is 13.1. The van der Waals surface area contributed by atoms with Gasteiger partial charge in [-0.2, -0.15) is 0 Å². The van der Waals surface area contributed by atoms with E-state index >= 15 is 0 Å².